The molecule has 3 rings (SSSR count). The molecule has 0 amide bonds. The third-order valence-electron chi connectivity index (χ3n) is 4.98. The van der Waals surface area contributed by atoms with Gasteiger partial charge in [-0.1, -0.05) is 24.3 Å². The standard InChI is InChI=1S/C21H20F4O/c22-13-26-18-8-5-16(6-9-18)19-10-7-17(12-20(19)23)15-3-1-14(2-4-15)11-21(24)25/h5-12,14-15H,1-4,13H2. The Hall–Kier alpha value is -2.30. The van der Waals surface area contributed by atoms with Gasteiger partial charge in [0, 0.05) is 5.56 Å². The van der Waals surface area contributed by atoms with E-state index in [1.54, 1.807) is 30.3 Å². The Morgan fingerprint density at radius 1 is 1.00 bits per heavy atom. The molecule has 26 heavy (non-hydrogen) atoms. The van der Waals surface area contributed by atoms with Crippen LogP contribution in [0.15, 0.2) is 54.6 Å². The lowest BCUT2D eigenvalue weighted by Gasteiger charge is -2.27. The molecule has 1 aliphatic carbocycles. The Balaban J connectivity index is 1.71. The fourth-order valence-corrected chi connectivity index (χ4v) is 3.61. The summed E-state index contributed by atoms with van der Waals surface area (Å²) in [6.07, 6.45) is 2.37. The van der Waals surface area contributed by atoms with Crippen molar-refractivity contribution < 1.29 is 22.3 Å². The first kappa shape index (κ1) is 18.5. The maximum Gasteiger partial charge on any atom is 0.266 e. The predicted molar refractivity (Wildman–Crippen MR) is 93.4 cm³/mol. The van der Waals surface area contributed by atoms with Crippen LogP contribution in [0.25, 0.3) is 11.1 Å². The molecule has 0 radical (unpaired) electrons. The van der Waals surface area contributed by atoms with Crippen molar-refractivity contribution in [3.63, 3.8) is 0 Å². The Morgan fingerprint density at radius 2 is 1.69 bits per heavy atom. The second kappa shape index (κ2) is 8.39. The molecule has 0 N–H and O–H groups in total. The summed E-state index contributed by atoms with van der Waals surface area (Å²) in [6, 6.07) is 11.8. The minimum Gasteiger partial charge on any atom is -0.463 e. The van der Waals surface area contributed by atoms with Crippen LogP contribution < -0.4 is 4.74 Å². The highest BCUT2D eigenvalue weighted by molar-refractivity contribution is 5.65. The normalized spacial score (nSPS) is 19.8. The molecule has 0 aromatic heterocycles. The smallest absolute Gasteiger partial charge is 0.266 e. The van der Waals surface area contributed by atoms with Gasteiger partial charge in [-0.15, -0.1) is 0 Å². The van der Waals surface area contributed by atoms with Gasteiger partial charge >= 0.3 is 0 Å². The lowest BCUT2D eigenvalue weighted by molar-refractivity contribution is 0.192. The molecule has 0 bridgehead atoms. The van der Waals surface area contributed by atoms with Crippen LogP contribution in [0.2, 0.25) is 0 Å². The number of halogens is 4. The van der Waals surface area contributed by atoms with Crippen LogP contribution in [0, 0.1) is 11.7 Å². The Morgan fingerprint density at radius 3 is 2.27 bits per heavy atom. The van der Waals surface area contributed by atoms with Crippen LogP contribution in [0.1, 0.15) is 37.2 Å². The minimum absolute atomic E-state index is 0.0783. The largest absolute Gasteiger partial charge is 0.463 e. The molecule has 1 fully saturated rings. The van der Waals surface area contributed by atoms with E-state index < -0.39 is 12.9 Å². The molecule has 2 aromatic carbocycles. The molecular formula is C21H20F4O. The van der Waals surface area contributed by atoms with Crippen LogP contribution in [0.5, 0.6) is 5.75 Å². The molecule has 138 valence electrons. The summed E-state index contributed by atoms with van der Waals surface area (Å²) < 4.78 is 56.2. The van der Waals surface area contributed by atoms with Crippen molar-refractivity contribution in [2.75, 3.05) is 6.86 Å². The highest BCUT2D eigenvalue weighted by atomic mass is 19.3. The summed E-state index contributed by atoms with van der Waals surface area (Å²) in [6.45, 7) is -0.904. The number of hydrogen-bond donors (Lipinski definition) is 0. The third kappa shape index (κ3) is 4.45. The summed E-state index contributed by atoms with van der Waals surface area (Å²) in [5, 5.41) is 0. The van der Waals surface area contributed by atoms with Crippen LogP contribution in [-0.2, 0) is 0 Å². The lowest BCUT2D eigenvalue weighted by Crippen LogP contribution is -2.12. The summed E-state index contributed by atoms with van der Waals surface area (Å²) in [7, 11) is 0. The van der Waals surface area contributed by atoms with E-state index in [-0.39, 0.29) is 17.7 Å². The van der Waals surface area contributed by atoms with E-state index in [2.05, 4.69) is 0 Å². The van der Waals surface area contributed by atoms with Gasteiger partial charge < -0.3 is 4.74 Å². The van der Waals surface area contributed by atoms with E-state index in [0.29, 0.717) is 29.7 Å². The topological polar surface area (TPSA) is 9.23 Å². The summed E-state index contributed by atoms with van der Waals surface area (Å²) in [4.78, 5) is 0. The average molecular weight is 364 g/mol. The quantitative estimate of drug-likeness (QED) is 0.527. The molecule has 0 aliphatic heterocycles. The van der Waals surface area contributed by atoms with E-state index in [9.17, 15) is 17.6 Å². The number of rotatable bonds is 5. The first-order valence-electron chi connectivity index (χ1n) is 8.68. The average Bonchev–Trinajstić information content (AvgIpc) is 2.63. The van der Waals surface area contributed by atoms with Crippen molar-refractivity contribution in [1.82, 2.24) is 0 Å². The molecule has 0 atom stereocenters. The van der Waals surface area contributed by atoms with Crippen molar-refractivity contribution in [2.24, 2.45) is 5.92 Å². The first-order chi connectivity index (χ1) is 12.6. The van der Waals surface area contributed by atoms with Crippen molar-refractivity contribution in [2.45, 2.75) is 31.6 Å². The number of ether oxygens (including phenoxy) is 1. The molecule has 5 heteroatoms. The number of benzene rings is 2. The molecule has 0 heterocycles. The van der Waals surface area contributed by atoms with Gasteiger partial charge in [0.25, 0.3) is 6.08 Å². The summed E-state index contributed by atoms with van der Waals surface area (Å²) in [5.74, 6) is 0.193. The number of allylic oxidation sites excluding steroid dienone is 1. The fraction of sp³-hybridized carbons (Fsp3) is 0.333. The summed E-state index contributed by atoms with van der Waals surface area (Å²) in [5.41, 5.74) is 2.07. The summed E-state index contributed by atoms with van der Waals surface area (Å²) >= 11 is 0. The van der Waals surface area contributed by atoms with Crippen LogP contribution in [0.3, 0.4) is 0 Å². The molecule has 1 nitrogen and oxygen atoms in total. The van der Waals surface area contributed by atoms with Gasteiger partial charge in [-0.05, 0) is 72.9 Å². The molecule has 2 aromatic rings. The number of hydrogen-bond acceptors (Lipinski definition) is 1. The Bertz CT molecular complexity index is 758. The lowest BCUT2D eigenvalue weighted by atomic mass is 9.78. The van der Waals surface area contributed by atoms with Gasteiger partial charge in [-0.2, -0.15) is 8.78 Å². The van der Waals surface area contributed by atoms with Gasteiger partial charge in [0.15, 0.2) is 0 Å². The molecule has 0 spiro atoms. The highest BCUT2D eigenvalue weighted by Gasteiger charge is 2.22. The second-order valence-corrected chi connectivity index (χ2v) is 6.59. The molecule has 1 aliphatic rings. The van der Waals surface area contributed by atoms with Crippen molar-refractivity contribution >= 4 is 0 Å². The van der Waals surface area contributed by atoms with E-state index in [1.807, 2.05) is 6.07 Å². The maximum absolute atomic E-state index is 14.6. The molecule has 1 saturated carbocycles. The van der Waals surface area contributed by atoms with Gasteiger partial charge in [-0.3, -0.25) is 0 Å². The molecular weight excluding hydrogens is 344 g/mol. The molecule has 0 saturated heterocycles. The Kier molecular flexibility index (Phi) is 5.96. The van der Waals surface area contributed by atoms with Gasteiger partial charge in [-0.25, -0.2) is 8.78 Å². The van der Waals surface area contributed by atoms with Crippen molar-refractivity contribution in [3.05, 3.63) is 66.0 Å². The van der Waals surface area contributed by atoms with E-state index in [4.69, 9.17) is 4.74 Å². The van der Waals surface area contributed by atoms with Crippen molar-refractivity contribution in [1.29, 1.82) is 0 Å². The van der Waals surface area contributed by atoms with Gasteiger partial charge in [0.2, 0.25) is 6.86 Å². The number of alkyl halides is 1. The first-order valence-corrected chi connectivity index (χ1v) is 8.68. The fourth-order valence-electron chi connectivity index (χ4n) is 3.61. The zero-order valence-electron chi connectivity index (χ0n) is 14.2. The van der Waals surface area contributed by atoms with E-state index in [1.165, 1.54) is 6.07 Å². The van der Waals surface area contributed by atoms with E-state index in [0.717, 1.165) is 24.5 Å². The highest BCUT2D eigenvalue weighted by Crippen LogP contribution is 2.38. The van der Waals surface area contributed by atoms with Crippen molar-refractivity contribution in [3.8, 4) is 16.9 Å². The zero-order chi connectivity index (χ0) is 18.5. The third-order valence-corrected chi connectivity index (χ3v) is 4.98. The van der Waals surface area contributed by atoms with Crippen LogP contribution in [-0.4, -0.2) is 6.86 Å². The SMILES string of the molecule is FCOc1ccc(-c2ccc(C3CCC(C=C(F)F)CC3)cc2F)cc1. The molecule has 0 unspecified atom stereocenters. The zero-order valence-corrected chi connectivity index (χ0v) is 14.2. The van der Waals surface area contributed by atoms with Gasteiger partial charge in [0.05, 0.1) is 0 Å². The second-order valence-electron chi connectivity index (χ2n) is 6.59. The Labute approximate surface area is 150 Å². The van der Waals surface area contributed by atoms with Crippen LogP contribution >= 0.6 is 0 Å². The maximum atomic E-state index is 14.6. The predicted octanol–water partition coefficient (Wildman–Crippen LogP) is 6.85. The van der Waals surface area contributed by atoms with E-state index >= 15 is 0 Å². The minimum atomic E-state index is -1.62. The van der Waals surface area contributed by atoms with Gasteiger partial charge in [0.1, 0.15) is 11.6 Å². The van der Waals surface area contributed by atoms with Crippen LogP contribution in [0.4, 0.5) is 17.6 Å². The monoisotopic (exact) mass is 364 g/mol.